The van der Waals surface area contributed by atoms with Crippen LogP contribution in [0.4, 0.5) is 14.9 Å². The second kappa shape index (κ2) is 9.13. The molecule has 2 amide bonds. The summed E-state index contributed by atoms with van der Waals surface area (Å²) in [6.07, 6.45) is 1.63. The molecule has 4 rings (SSSR count). The summed E-state index contributed by atoms with van der Waals surface area (Å²) in [5.74, 6) is -0.479. The Labute approximate surface area is 198 Å². The van der Waals surface area contributed by atoms with Crippen LogP contribution in [0.25, 0.3) is 0 Å². The number of hydrogen-bond acceptors (Lipinski definition) is 6. The minimum absolute atomic E-state index is 0.0659. The molecule has 2 aromatic rings. The Balaban J connectivity index is 1.83. The molecular weight excluding hydrogens is 463 g/mol. The molecule has 0 bridgehead atoms. The molecule has 1 unspecified atom stereocenters. The highest BCUT2D eigenvalue weighted by Crippen LogP contribution is 2.38. The predicted molar refractivity (Wildman–Crippen MR) is 127 cm³/mol. The van der Waals surface area contributed by atoms with Crippen molar-refractivity contribution in [2.75, 3.05) is 26.0 Å². The van der Waals surface area contributed by atoms with Gasteiger partial charge in [-0.25, -0.2) is 22.6 Å². The van der Waals surface area contributed by atoms with Crippen LogP contribution in [0.3, 0.4) is 0 Å². The van der Waals surface area contributed by atoms with Crippen LogP contribution in [-0.4, -0.2) is 57.7 Å². The van der Waals surface area contributed by atoms with Gasteiger partial charge in [0, 0.05) is 23.9 Å². The highest BCUT2D eigenvalue weighted by Gasteiger charge is 2.36. The molecule has 0 spiro atoms. The van der Waals surface area contributed by atoms with Crippen molar-refractivity contribution < 1.29 is 27.1 Å². The van der Waals surface area contributed by atoms with E-state index < -0.39 is 21.9 Å². The van der Waals surface area contributed by atoms with Crippen LogP contribution >= 0.6 is 0 Å². The molecule has 1 fully saturated rings. The van der Waals surface area contributed by atoms with Gasteiger partial charge in [-0.1, -0.05) is 12.1 Å². The van der Waals surface area contributed by atoms with Gasteiger partial charge in [-0.2, -0.15) is 5.10 Å². The fraction of sp³-hybridized carbons (Fsp3) is 0.391. The number of amides is 2. The lowest BCUT2D eigenvalue weighted by molar-refractivity contribution is 0.184. The number of methoxy groups -OCH3 is 2. The Bertz CT molecular complexity index is 1240. The van der Waals surface area contributed by atoms with Gasteiger partial charge in [0.25, 0.3) is 0 Å². The minimum Gasteiger partial charge on any atom is -0.493 e. The van der Waals surface area contributed by atoms with E-state index in [0.29, 0.717) is 36.1 Å². The number of halogens is 1. The van der Waals surface area contributed by atoms with Crippen LogP contribution in [0.5, 0.6) is 11.5 Å². The number of ether oxygens (including phenoxy) is 2. The van der Waals surface area contributed by atoms with Crippen molar-refractivity contribution >= 4 is 27.5 Å². The first-order chi connectivity index (χ1) is 16.2. The van der Waals surface area contributed by atoms with Gasteiger partial charge in [-0.05, 0) is 49.9 Å². The molecule has 11 heteroatoms. The minimum atomic E-state index is -3.42. The topological polar surface area (TPSA) is 109 Å². The standard InChI is InChI=1S/C23H27FN4O5S/c1-13-11-15-12-18(32-3)22(33-4)20(24)19(15)21(26-28(13)23(29)25-2)14-5-7-16(8-6-14)27-34(30,31)17-9-10-17/h5-8,12-13,17,27H,9-11H2,1-4H3,(H,25,29). The van der Waals surface area contributed by atoms with Gasteiger partial charge in [-0.3, -0.25) is 4.72 Å². The number of rotatable bonds is 6. The summed E-state index contributed by atoms with van der Waals surface area (Å²) >= 11 is 0. The molecule has 1 aliphatic carbocycles. The maximum absolute atomic E-state index is 15.8. The molecule has 182 valence electrons. The van der Waals surface area contributed by atoms with Gasteiger partial charge >= 0.3 is 6.03 Å². The van der Waals surface area contributed by atoms with E-state index in [1.54, 1.807) is 30.3 Å². The van der Waals surface area contributed by atoms with Crippen LogP contribution in [0, 0.1) is 5.82 Å². The second-order valence-corrected chi connectivity index (χ2v) is 10.2. The van der Waals surface area contributed by atoms with Crippen LogP contribution in [0.1, 0.15) is 36.5 Å². The summed E-state index contributed by atoms with van der Waals surface area (Å²) in [6.45, 7) is 1.82. The first kappa shape index (κ1) is 23.8. The van der Waals surface area contributed by atoms with Crippen LogP contribution in [0.15, 0.2) is 35.4 Å². The maximum Gasteiger partial charge on any atom is 0.337 e. The quantitative estimate of drug-likeness (QED) is 0.647. The molecule has 9 nitrogen and oxygen atoms in total. The zero-order valence-electron chi connectivity index (χ0n) is 19.4. The van der Waals surface area contributed by atoms with Crippen LogP contribution in [0.2, 0.25) is 0 Å². The molecule has 1 heterocycles. The van der Waals surface area contributed by atoms with Gasteiger partial charge in [0.1, 0.15) is 5.71 Å². The normalized spacial score (nSPS) is 17.9. The maximum atomic E-state index is 15.8. The van der Waals surface area contributed by atoms with Crippen molar-refractivity contribution in [3.05, 3.63) is 52.8 Å². The number of carbonyl (C=O) groups is 1. The number of hydrazone groups is 1. The molecule has 1 aliphatic heterocycles. The van der Waals surface area contributed by atoms with Crippen LogP contribution < -0.4 is 19.5 Å². The van der Waals surface area contributed by atoms with E-state index in [-0.39, 0.29) is 34.1 Å². The van der Waals surface area contributed by atoms with Crippen molar-refractivity contribution in [2.45, 2.75) is 37.5 Å². The summed E-state index contributed by atoms with van der Waals surface area (Å²) in [4.78, 5) is 12.6. The third-order valence-electron chi connectivity index (χ3n) is 5.87. The van der Waals surface area contributed by atoms with E-state index in [1.165, 1.54) is 26.3 Å². The van der Waals surface area contributed by atoms with Gasteiger partial charge in [-0.15, -0.1) is 0 Å². The molecule has 0 aromatic heterocycles. The van der Waals surface area contributed by atoms with E-state index in [9.17, 15) is 13.2 Å². The molecule has 0 saturated heterocycles. The molecule has 1 atom stereocenters. The zero-order chi connectivity index (χ0) is 24.6. The third kappa shape index (κ3) is 4.39. The average Bonchev–Trinajstić information content (AvgIpc) is 3.67. The van der Waals surface area contributed by atoms with E-state index >= 15 is 4.39 Å². The van der Waals surface area contributed by atoms with Crippen molar-refractivity contribution in [1.82, 2.24) is 10.3 Å². The van der Waals surface area contributed by atoms with Gasteiger partial charge in [0.15, 0.2) is 17.3 Å². The molecule has 0 radical (unpaired) electrons. The van der Waals surface area contributed by atoms with E-state index in [0.717, 1.165) is 0 Å². The SMILES string of the molecule is CNC(=O)N1N=C(c2ccc(NS(=O)(=O)C3CC3)cc2)c2c(cc(OC)c(OC)c2F)CC1C. The number of carbonyl (C=O) groups excluding carboxylic acids is 1. The Morgan fingerprint density at radius 2 is 1.85 bits per heavy atom. The molecule has 34 heavy (non-hydrogen) atoms. The Morgan fingerprint density at radius 3 is 2.41 bits per heavy atom. The lowest BCUT2D eigenvalue weighted by Gasteiger charge is -2.22. The van der Waals surface area contributed by atoms with E-state index in [2.05, 4.69) is 15.1 Å². The fourth-order valence-electron chi connectivity index (χ4n) is 3.96. The summed E-state index contributed by atoms with van der Waals surface area (Å²) in [5.41, 5.74) is 1.92. The monoisotopic (exact) mass is 490 g/mol. The van der Waals surface area contributed by atoms with Crippen LogP contribution in [-0.2, 0) is 16.4 Å². The number of fused-ring (bicyclic) bond motifs is 1. The van der Waals surface area contributed by atoms with Crippen molar-refractivity contribution in [3.8, 4) is 11.5 Å². The number of sulfonamides is 1. The average molecular weight is 491 g/mol. The zero-order valence-corrected chi connectivity index (χ0v) is 20.2. The Morgan fingerprint density at radius 1 is 1.18 bits per heavy atom. The molecule has 1 saturated carbocycles. The highest BCUT2D eigenvalue weighted by molar-refractivity contribution is 7.93. The first-order valence-corrected chi connectivity index (χ1v) is 12.4. The number of hydrogen-bond donors (Lipinski definition) is 2. The summed E-state index contributed by atoms with van der Waals surface area (Å²) in [7, 11) is 0.853. The first-order valence-electron chi connectivity index (χ1n) is 10.9. The molecule has 2 aromatic carbocycles. The largest absolute Gasteiger partial charge is 0.493 e. The number of nitrogens with zero attached hydrogens (tertiary/aromatic N) is 2. The fourth-order valence-corrected chi connectivity index (χ4v) is 5.35. The highest BCUT2D eigenvalue weighted by atomic mass is 32.2. The van der Waals surface area contributed by atoms with Crippen molar-refractivity contribution in [2.24, 2.45) is 5.10 Å². The third-order valence-corrected chi connectivity index (χ3v) is 7.74. The second-order valence-electron chi connectivity index (χ2n) is 8.29. The van der Waals surface area contributed by atoms with Gasteiger partial charge in [0.05, 0.1) is 25.5 Å². The number of anilines is 1. The number of benzene rings is 2. The summed E-state index contributed by atoms with van der Waals surface area (Å²) in [6, 6.07) is 7.34. The van der Waals surface area contributed by atoms with Gasteiger partial charge in [0.2, 0.25) is 10.0 Å². The van der Waals surface area contributed by atoms with Crippen molar-refractivity contribution in [1.29, 1.82) is 0 Å². The molecular formula is C23H27FN4O5S. The summed E-state index contributed by atoms with van der Waals surface area (Å²) < 4.78 is 53.4. The molecule has 2 N–H and O–H groups in total. The lowest BCUT2D eigenvalue weighted by atomic mass is 9.93. The van der Waals surface area contributed by atoms with Gasteiger partial charge < -0.3 is 14.8 Å². The number of nitrogens with one attached hydrogen (secondary N) is 2. The summed E-state index contributed by atoms with van der Waals surface area (Å²) in [5, 5.41) is 8.02. The molecule has 2 aliphatic rings. The lowest BCUT2D eigenvalue weighted by Crippen LogP contribution is -2.41. The van der Waals surface area contributed by atoms with Crippen molar-refractivity contribution in [3.63, 3.8) is 0 Å². The smallest absolute Gasteiger partial charge is 0.337 e. The Kier molecular flexibility index (Phi) is 6.39. The Hall–Kier alpha value is -3.34. The number of urea groups is 1. The van der Waals surface area contributed by atoms with E-state index in [1.807, 2.05) is 6.92 Å². The van der Waals surface area contributed by atoms with E-state index in [4.69, 9.17) is 9.47 Å². The predicted octanol–water partition coefficient (Wildman–Crippen LogP) is 3.09.